The highest BCUT2D eigenvalue weighted by atomic mass is 32.1. The number of Topliss-reactive ketones (excluding diaryl/α,β-unsaturated/α-hetero) is 1. The number of hydrogen-bond donors (Lipinski definition) is 1. The second-order valence-corrected chi connectivity index (χ2v) is 7.92. The summed E-state index contributed by atoms with van der Waals surface area (Å²) in [6, 6.07) is 4.15. The molecule has 0 aliphatic carbocycles. The van der Waals surface area contributed by atoms with E-state index in [1.165, 1.54) is 10.4 Å². The topological polar surface area (TPSA) is 56.4 Å². The van der Waals surface area contributed by atoms with Crippen LogP contribution in [-0.2, 0) is 6.42 Å². The van der Waals surface area contributed by atoms with Crippen molar-refractivity contribution >= 4 is 23.0 Å². The van der Waals surface area contributed by atoms with E-state index in [4.69, 9.17) is 0 Å². The van der Waals surface area contributed by atoms with Crippen LogP contribution in [0.15, 0.2) is 23.7 Å². The van der Waals surface area contributed by atoms with Gasteiger partial charge in [0.2, 0.25) is 0 Å². The van der Waals surface area contributed by atoms with Gasteiger partial charge in [-0.2, -0.15) is 0 Å². The van der Waals surface area contributed by atoms with Gasteiger partial charge in [-0.05, 0) is 49.3 Å². The number of carbonyl (C=O) groups is 2. The number of aromatic nitrogens is 1. The Morgan fingerprint density at radius 2 is 2.08 bits per heavy atom. The van der Waals surface area contributed by atoms with Crippen LogP contribution in [0.1, 0.15) is 57.1 Å². The second kappa shape index (κ2) is 6.77. The lowest BCUT2D eigenvalue weighted by atomic mass is 10.0. The van der Waals surface area contributed by atoms with E-state index in [-0.39, 0.29) is 17.7 Å². The smallest absolute Gasteiger partial charge is 0.270 e. The first-order valence-electron chi connectivity index (χ1n) is 8.94. The van der Waals surface area contributed by atoms with E-state index in [0.717, 1.165) is 38.9 Å². The molecule has 1 N–H and O–H groups in total. The lowest BCUT2D eigenvalue weighted by molar-refractivity contribution is 0.0787. The number of nitrogens with one attached hydrogen (secondary N) is 1. The van der Waals surface area contributed by atoms with Gasteiger partial charge in [0.1, 0.15) is 5.69 Å². The molecule has 2 aliphatic rings. The van der Waals surface area contributed by atoms with Crippen LogP contribution in [-0.4, -0.2) is 52.7 Å². The first kappa shape index (κ1) is 16.5. The number of thiophene rings is 1. The van der Waals surface area contributed by atoms with E-state index in [1.54, 1.807) is 23.6 Å². The normalized spacial score (nSPS) is 20.7. The predicted octanol–water partition coefficient (Wildman–Crippen LogP) is 3.11. The molecule has 1 fully saturated rings. The third-order valence-corrected chi connectivity index (χ3v) is 6.38. The Morgan fingerprint density at radius 3 is 2.88 bits per heavy atom. The van der Waals surface area contributed by atoms with Gasteiger partial charge in [0.15, 0.2) is 5.78 Å². The SMILES string of the molecule is CC1c2ccsc2CCN1CC(=O)c1c[nH]c(C(=O)N2CCCC2)c1. The molecule has 4 heterocycles. The minimum Gasteiger partial charge on any atom is -0.356 e. The fraction of sp³-hybridized carbons (Fsp3) is 0.474. The molecular formula is C19H23N3O2S. The Bertz CT molecular complexity index is 788. The molecule has 2 aliphatic heterocycles. The zero-order chi connectivity index (χ0) is 17.4. The summed E-state index contributed by atoms with van der Waals surface area (Å²) in [5.74, 6) is 0.0769. The van der Waals surface area contributed by atoms with Crippen LogP contribution in [0.4, 0.5) is 0 Å². The number of fused-ring (bicyclic) bond motifs is 1. The standard InChI is InChI=1S/C19H23N3O2S/c1-13-15-5-9-25-18(15)4-8-22(13)12-17(23)14-10-16(20-11-14)19(24)21-6-2-3-7-21/h5,9-11,13,20H,2-4,6-8,12H2,1H3. The third-order valence-electron chi connectivity index (χ3n) is 5.38. The van der Waals surface area contributed by atoms with E-state index in [1.807, 2.05) is 4.90 Å². The first-order chi connectivity index (χ1) is 12.1. The largest absolute Gasteiger partial charge is 0.356 e. The molecule has 0 saturated carbocycles. The van der Waals surface area contributed by atoms with Gasteiger partial charge in [-0.15, -0.1) is 11.3 Å². The Hall–Kier alpha value is -1.92. The average Bonchev–Trinajstić information content (AvgIpc) is 3.37. The van der Waals surface area contributed by atoms with Crippen LogP contribution in [0.2, 0.25) is 0 Å². The molecule has 1 amide bonds. The van der Waals surface area contributed by atoms with Crippen molar-refractivity contribution in [3.63, 3.8) is 0 Å². The molecule has 0 radical (unpaired) electrons. The zero-order valence-corrected chi connectivity index (χ0v) is 15.3. The van der Waals surface area contributed by atoms with Crippen LogP contribution in [0, 0.1) is 0 Å². The molecule has 25 heavy (non-hydrogen) atoms. The summed E-state index contributed by atoms with van der Waals surface area (Å²) in [5, 5.41) is 2.13. The molecule has 1 unspecified atom stereocenters. The number of likely N-dealkylation sites (tertiary alicyclic amines) is 1. The number of ketones is 1. The molecule has 0 spiro atoms. The van der Waals surface area contributed by atoms with Gasteiger partial charge in [-0.25, -0.2) is 0 Å². The summed E-state index contributed by atoms with van der Waals surface area (Å²) in [7, 11) is 0. The maximum absolute atomic E-state index is 12.7. The fourth-order valence-electron chi connectivity index (χ4n) is 3.82. The van der Waals surface area contributed by atoms with Crippen molar-refractivity contribution in [2.45, 2.75) is 32.2 Å². The number of aromatic amines is 1. The summed E-state index contributed by atoms with van der Waals surface area (Å²) >= 11 is 1.81. The second-order valence-electron chi connectivity index (χ2n) is 6.92. The maximum atomic E-state index is 12.7. The number of amides is 1. The van der Waals surface area contributed by atoms with Gasteiger partial charge in [0, 0.05) is 42.3 Å². The van der Waals surface area contributed by atoms with E-state index in [0.29, 0.717) is 17.8 Å². The van der Waals surface area contributed by atoms with Crippen molar-refractivity contribution in [1.82, 2.24) is 14.8 Å². The molecule has 6 heteroatoms. The average molecular weight is 357 g/mol. The Kier molecular flexibility index (Phi) is 4.48. The summed E-state index contributed by atoms with van der Waals surface area (Å²) in [5.41, 5.74) is 2.48. The van der Waals surface area contributed by atoms with Crippen molar-refractivity contribution in [3.05, 3.63) is 45.4 Å². The number of hydrogen-bond acceptors (Lipinski definition) is 4. The third kappa shape index (κ3) is 3.16. The van der Waals surface area contributed by atoms with Crippen LogP contribution in [0.25, 0.3) is 0 Å². The molecule has 1 saturated heterocycles. The number of carbonyl (C=O) groups excluding carboxylic acids is 2. The van der Waals surface area contributed by atoms with Crippen LogP contribution in [0.3, 0.4) is 0 Å². The number of rotatable bonds is 4. The monoisotopic (exact) mass is 357 g/mol. The summed E-state index contributed by atoms with van der Waals surface area (Å²) < 4.78 is 0. The summed E-state index contributed by atoms with van der Waals surface area (Å²) in [6.45, 7) is 5.10. The van der Waals surface area contributed by atoms with Crippen molar-refractivity contribution in [2.24, 2.45) is 0 Å². The highest BCUT2D eigenvalue weighted by Gasteiger charge is 2.27. The summed E-state index contributed by atoms with van der Waals surface area (Å²) in [4.78, 5) is 33.6. The molecule has 1 atom stereocenters. The van der Waals surface area contributed by atoms with Crippen molar-refractivity contribution < 1.29 is 9.59 Å². The highest BCUT2D eigenvalue weighted by Crippen LogP contribution is 2.32. The number of nitrogens with zero attached hydrogens (tertiary/aromatic N) is 2. The van der Waals surface area contributed by atoms with E-state index in [9.17, 15) is 9.59 Å². The predicted molar refractivity (Wildman–Crippen MR) is 98.3 cm³/mol. The molecule has 0 bridgehead atoms. The quantitative estimate of drug-likeness (QED) is 0.856. The lowest BCUT2D eigenvalue weighted by Crippen LogP contribution is -2.37. The molecule has 0 aromatic carbocycles. The van der Waals surface area contributed by atoms with E-state index in [2.05, 4.69) is 28.3 Å². The summed E-state index contributed by atoms with van der Waals surface area (Å²) in [6.07, 6.45) is 4.82. The zero-order valence-electron chi connectivity index (χ0n) is 14.5. The Labute approximate surface area is 151 Å². The van der Waals surface area contributed by atoms with Crippen LogP contribution in [0.5, 0.6) is 0 Å². The van der Waals surface area contributed by atoms with Gasteiger partial charge < -0.3 is 9.88 Å². The highest BCUT2D eigenvalue weighted by molar-refractivity contribution is 7.10. The molecule has 4 rings (SSSR count). The fourth-order valence-corrected chi connectivity index (χ4v) is 4.79. The minimum atomic E-state index is 0.00538. The van der Waals surface area contributed by atoms with E-state index >= 15 is 0 Å². The van der Waals surface area contributed by atoms with E-state index < -0.39 is 0 Å². The van der Waals surface area contributed by atoms with Gasteiger partial charge in [0.05, 0.1) is 6.54 Å². The van der Waals surface area contributed by atoms with Crippen molar-refractivity contribution in [1.29, 1.82) is 0 Å². The Morgan fingerprint density at radius 1 is 1.28 bits per heavy atom. The molecule has 2 aromatic heterocycles. The van der Waals surface area contributed by atoms with Gasteiger partial charge in [-0.1, -0.05) is 0 Å². The molecule has 5 nitrogen and oxygen atoms in total. The van der Waals surface area contributed by atoms with Gasteiger partial charge >= 0.3 is 0 Å². The Balaban J connectivity index is 1.43. The molecular weight excluding hydrogens is 334 g/mol. The van der Waals surface area contributed by atoms with Crippen LogP contribution >= 0.6 is 11.3 Å². The van der Waals surface area contributed by atoms with Crippen molar-refractivity contribution in [3.8, 4) is 0 Å². The minimum absolute atomic E-state index is 0.00538. The molecule has 2 aromatic rings. The lowest BCUT2D eigenvalue weighted by Gasteiger charge is -2.32. The molecule has 132 valence electrons. The first-order valence-corrected chi connectivity index (χ1v) is 9.82. The van der Waals surface area contributed by atoms with Crippen LogP contribution < -0.4 is 0 Å². The maximum Gasteiger partial charge on any atom is 0.270 e. The van der Waals surface area contributed by atoms with Gasteiger partial charge in [-0.3, -0.25) is 14.5 Å². The van der Waals surface area contributed by atoms with Crippen molar-refractivity contribution in [2.75, 3.05) is 26.2 Å². The van der Waals surface area contributed by atoms with Gasteiger partial charge in [0.25, 0.3) is 5.91 Å². The number of H-pyrrole nitrogens is 1.